The fourth-order valence-electron chi connectivity index (χ4n) is 1.99. The lowest BCUT2D eigenvalue weighted by molar-refractivity contribution is 0.277. The molecule has 0 aliphatic carbocycles. The molecule has 0 atom stereocenters. The molecule has 2 aromatic carbocycles. The fourth-order valence-corrected chi connectivity index (χ4v) is 1.99. The maximum Gasteiger partial charge on any atom is 0.226 e. The van der Waals surface area contributed by atoms with Crippen molar-refractivity contribution in [2.45, 2.75) is 13.2 Å². The van der Waals surface area contributed by atoms with Gasteiger partial charge in [-0.15, -0.1) is 0 Å². The van der Waals surface area contributed by atoms with Crippen LogP contribution in [-0.4, -0.2) is 10.1 Å². The van der Waals surface area contributed by atoms with Crippen molar-refractivity contribution >= 4 is 0 Å². The average molecular weight is 299 g/mol. The molecule has 0 radical (unpaired) electrons. The molecule has 3 rings (SSSR count). The molecule has 1 heterocycles. The highest BCUT2D eigenvalue weighted by atomic mass is 19.1. The summed E-state index contributed by atoms with van der Waals surface area (Å²) in [5, 5.41) is 9.09. The predicted molar refractivity (Wildman–Crippen MR) is 78.6 cm³/mol. The molecule has 4 nitrogen and oxygen atoms in total. The van der Waals surface area contributed by atoms with Crippen LogP contribution in [0.4, 0.5) is 4.39 Å². The predicted octanol–water partition coefficient (Wildman–Crippen LogP) is 3.55. The van der Waals surface area contributed by atoms with E-state index in [1.54, 1.807) is 24.3 Å². The Morgan fingerprint density at radius 1 is 1.14 bits per heavy atom. The van der Waals surface area contributed by atoms with Gasteiger partial charge in [0.1, 0.15) is 30.1 Å². The molecule has 0 aliphatic rings. The van der Waals surface area contributed by atoms with Crippen molar-refractivity contribution in [3.05, 3.63) is 71.9 Å². The molecule has 0 amide bonds. The summed E-state index contributed by atoms with van der Waals surface area (Å²) in [4.78, 5) is 4.30. The number of rotatable bonds is 5. The van der Waals surface area contributed by atoms with E-state index >= 15 is 0 Å². The van der Waals surface area contributed by atoms with Crippen LogP contribution in [0.2, 0.25) is 0 Å². The first-order valence-corrected chi connectivity index (χ1v) is 6.77. The summed E-state index contributed by atoms with van der Waals surface area (Å²) < 4.78 is 23.9. The van der Waals surface area contributed by atoms with Crippen LogP contribution < -0.4 is 4.74 Å². The molecule has 3 aromatic rings. The van der Waals surface area contributed by atoms with Gasteiger partial charge in [-0.25, -0.2) is 9.37 Å². The molecule has 1 N–H and O–H groups in total. The van der Waals surface area contributed by atoms with Gasteiger partial charge in [0.15, 0.2) is 0 Å². The van der Waals surface area contributed by atoms with E-state index in [2.05, 4.69) is 4.98 Å². The molecule has 5 heteroatoms. The minimum Gasteiger partial charge on any atom is -0.487 e. The summed E-state index contributed by atoms with van der Waals surface area (Å²) in [6.07, 6.45) is 1.51. The molecule has 0 saturated carbocycles. The van der Waals surface area contributed by atoms with Gasteiger partial charge in [-0.3, -0.25) is 0 Å². The van der Waals surface area contributed by atoms with Crippen LogP contribution in [-0.2, 0) is 13.2 Å². The number of halogens is 1. The maximum atomic E-state index is 12.9. The molecule has 0 spiro atoms. The second-order valence-electron chi connectivity index (χ2n) is 4.75. The number of benzene rings is 2. The lowest BCUT2D eigenvalue weighted by Crippen LogP contribution is -1.96. The highest BCUT2D eigenvalue weighted by Gasteiger charge is 2.07. The van der Waals surface area contributed by atoms with Crippen LogP contribution in [0.15, 0.2) is 59.2 Å². The third kappa shape index (κ3) is 3.32. The number of oxazole rings is 1. The van der Waals surface area contributed by atoms with Crippen LogP contribution in [0, 0.1) is 5.82 Å². The SMILES string of the molecule is OCc1cccc(OCc2coc(-c3ccc(F)cc3)n2)c1. The molecule has 1 aromatic heterocycles. The molecular formula is C17H14FNO3. The highest BCUT2D eigenvalue weighted by Crippen LogP contribution is 2.20. The van der Waals surface area contributed by atoms with Crippen molar-refractivity contribution in [2.75, 3.05) is 0 Å². The van der Waals surface area contributed by atoms with Crippen LogP contribution in [0.25, 0.3) is 11.5 Å². The Balaban J connectivity index is 1.67. The van der Waals surface area contributed by atoms with Gasteiger partial charge in [-0.1, -0.05) is 12.1 Å². The van der Waals surface area contributed by atoms with Gasteiger partial charge >= 0.3 is 0 Å². The molecule has 0 aliphatic heterocycles. The van der Waals surface area contributed by atoms with Gasteiger partial charge in [0.05, 0.1) is 6.61 Å². The molecule has 0 unspecified atom stereocenters. The first-order chi connectivity index (χ1) is 10.7. The van der Waals surface area contributed by atoms with Gasteiger partial charge in [-0.2, -0.15) is 0 Å². The van der Waals surface area contributed by atoms with E-state index in [1.165, 1.54) is 18.4 Å². The molecule has 22 heavy (non-hydrogen) atoms. The summed E-state index contributed by atoms with van der Waals surface area (Å²) in [6.45, 7) is 0.218. The lowest BCUT2D eigenvalue weighted by Gasteiger charge is -2.04. The van der Waals surface area contributed by atoms with E-state index in [0.29, 0.717) is 22.9 Å². The summed E-state index contributed by atoms with van der Waals surface area (Å²) in [7, 11) is 0. The minimum absolute atomic E-state index is 0.0319. The summed E-state index contributed by atoms with van der Waals surface area (Å²) in [5.41, 5.74) is 2.12. The number of nitrogens with zero attached hydrogens (tertiary/aromatic N) is 1. The number of hydrogen-bond acceptors (Lipinski definition) is 4. The summed E-state index contributed by atoms with van der Waals surface area (Å²) in [5.74, 6) is 0.767. The Morgan fingerprint density at radius 3 is 2.73 bits per heavy atom. The van der Waals surface area contributed by atoms with Gasteiger partial charge in [0.25, 0.3) is 0 Å². The van der Waals surface area contributed by atoms with E-state index in [-0.39, 0.29) is 19.0 Å². The maximum absolute atomic E-state index is 12.9. The van der Waals surface area contributed by atoms with Crippen LogP contribution in [0.1, 0.15) is 11.3 Å². The number of aliphatic hydroxyl groups is 1. The third-order valence-electron chi connectivity index (χ3n) is 3.11. The van der Waals surface area contributed by atoms with E-state index in [4.69, 9.17) is 14.3 Å². The van der Waals surface area contributed by atoms with E-state index in [9.17, 15) is 4.39 Å². The lowest BCUT2D eigenvalue weighted by atomic mass is 10.2. The number of ether oxygens (including phenoxy) is 1. The Bertz CT molecular complexity index is 753. The fraction of sp³-hybridized carbons (Fsp3) is 0.118. The number of aromatic nitrogens is 1. The zero-order valence-electron chi connectivity index (χ0n) is 11.7. The first kappa shape index (κ1) is 14.3. The summed E-state index contributed by atoms with van der Waals surface area (Å²) in [6, 6.07) is 13.1. The minimum atomic E-state index is -0.303. The van der Waals surface area contributed by atoms with Crippen molar-refractivity contribution in [1.82, 2.24) is 4.98 Å². The van der Waals surface area contributed by atoms with Gasteiger partial charge in [0.2, 0.25) is 5.89 Å². The second kappa shape index (κ2) is 6.41. The Kier molecular flexibility index (Phi) is 4.16. The topological polar surface area (TPSA) is 55.5 Å². The average Bonchev–Trinajstić information content (AvgIpc) is 3.03. The van der Waals surface area contributed by atoms with Crippen molar-refractivity contribution in [1.29, 1.82) is 0 Å². The first-order valence-electron chi connectivity index (χ1n) is 6.77. The van der Waals surface area contributed by atoms with Crippen molar-refractivity contribution in [2.24, 2.45) is 0 Å². The zero-order valence-corrected chi connectivity index (χ0v) is 11.7. The van der Waals surface area contributed by atoms with Crippen molar-refractivity contribution in [3.8, 4) is 17.2 Å². The molecule has 0 saturated heterocycles. The van der Waals surface area contributed by atoms with Crippen LogP contribution in [0.5, 0.6) is 5.75 Å². The van der Waals surface area contributed by atoms with E-state index in [0.717, 1.165) is 5.56 Å². The smallest absolute Gasteiger partial charge is 0.226 e. The second-order valence-corrected chi connectivity index (χ2v) is 4.75. The number of aliphatic hydroxyl groups excluding tert-OH is 1. The van der Waals surface area contributed by atoms with E-state index in [1.807, 2.05) is 12.1 Å². The standard InChI is InChI=1S/C17H14FNO3/c18-14-6-4-13(5-7-14)17-19-15(11-22-17)10-21-16-3-1-2-12(8-16)9-20/h1-8,11,20H,9-10H2. The largest absolute Gasteiger partial charge is 0.487 e. The third-order valence-corrected chi connectivity index (χ3v) is 3.11. The van der Waals surface area contributed by atoms with Gasteiger partial charge in [-0.05, 0) is 42.0 Å². The molecule has 0 bridgehead atoms. The van der Waals surface area contributed by atoms with Crippen molar-refractivity contribution < 1.29 is 18.7 Å². The van der Waals surface area contributed by atoms with Crippen LogP contribution >= 0.6 is 0 Å². The molecule has 112 valence electrons. The van der Waals surface area contributed by atoms with Crippen molar-refractivity contribution in [3.63, 3.8) is 0 Å². The van der Waals surface area contributed by atoms with Gasteiger partial charge < -0.3 is 14.3 Å². The normalized spacial score (nSPS) is 10.6. The Labute approximate surface area is 126 Å². The number of hydrogen-bond donors (Lipinski definition) is 1. The van der Waals surface area contributed by atoms with E-state index < -0.39 is 0 Å². The zero-order chi connectivity index (χ0) is 15.4. The Morgan fingerprint density at radius 2 is 1.95 bits per heavy atom. The molecular weight excluding hydrogens is 285 g/mol. The van der Waals surface area contributed by atoms with Crippen LogP contribution in [0.3, 0.4) is 0 Å². The highest BCUT2D eigenvalue weighted by molar-refractivity contribution is 5.52. The quantitative estimate of drug-likeness (QED) is 0.782. The monoisotopic (exact) mass is 299 g/mol. The van der Waals surface area contributed by atoms with Gasteiger partial charge in [0, 0.05) is 5.56 Å². The Hall–Kier alpha value is -2.66. The summed E-state index contributed by atoms with van der Waals surface area (Å²) >= 11 is 0. The molecule has 0 fully saturated rings.